The Bertz CT molecular complexity index is 678. The number of carbonyl (C=O) groups is 3. The van der Waals surface area contributed by atoms with Gasteiger partial charge in [0.2, 0.25) is 0 Å². The molecule has 0 bridgehead atoms. The first-order chi connectivity index (χ1) is 11.8. The second-order valence-corrected chi connectivity index (χ2v) is 6.54. The molecule has 3 amide bonds. The molecular formula is C17H23ClN4O3. The molecule has 1 heterocycles. The number of rotatable bonds is 6. The molecule has 2 N–H and O–H groups in total. The maximum Gasteiger partial charge on any atom is 0.310 e. The summed E-state index contributed by atoms with van der Waals surface area (Å²) in [6.07, 6.45) is 0.733. The molecule has 1 aromatic carbocycles. The summed E-state index contributed by atoms with van der Waals surface area (Å²) in [6, 6.07) is 4.18. The predicted molar refractivity (Wildman–Crippen MR) is 96.5 cm³/mol. The van der Waals surface area contributed by atoms with Crippen molar-refractivity contribution in [2.45, 2.75) is 19.4 Å². The van der Waals surface area contributed by atoms with Crippen LogP contribution in [0.15, 0.2) is 18.2 Å². The van der Waals surface area contributed by atoms with E-state index in [0.717, 1.165) is 13.0 Å². The SMILES string of the molecule is CCN1C(=O)C(NC(=O)C(=O)NCCCN(C)C)c2cc(Cl)ccc21. The van der Waals surface area contributed by atoms with Crippen LogP contribution in [0.25, 0.3) is 0 Å². The number of nitrogens with zero attached hydrogens (tertiary/aromatic N) is 2. The van der Waals surface area contributed by atoms with Gasteiger partial charge in [0, 0.05) is 29.4 Å². The van der Waals surface area contributed by atoms with Gasteiger partial charge in [-0.15, -0.1) is 0 Å². The van der Waals surface area contributed by atoms with Crippen LogP contribution in [-0.2, 0) is 14.4 Å². The number of halogens is 1. The maximum absolute atomic E-state index is 12.5. The number of anilines is 1. The normalized spacial score (nSPS) is 16.1. The van der Waals surface area contributed by atoms with Gasteiger partial charge >= 0.3 is 11.8 Å². The minimum Gasteiger partial charge on any atom is -0.348 e. The van der Waals surface area contributed by atoms with Gasteiger partial charge in [-0.2, -0.15) is 0 Å². The molecule has 25 heavy (non-hydrogen) atoms. The highest BCUT2D eigenvalue weighted by atomic mass is 35.5. The first kappa shape index (κ1) is 19.2. The predicted octanol–water partition coefficient (Wildman–Crippen LogP) is 0.932. The van der Waals surface area contributed by atoms with Crippen molar-refractivity contribution in [1.82, 2.24) is 15.5 Å². The minimum absolute atomic E-state index is 0.270. The third-order valence-electron chi connectivity index (χ3n) is 3.97. The summed E-state index contributed by atoms with van der Waals surface area (Å²) in [4.78, 5) is 40.1. The fourth-order valence-electron chi connectivity index (χ4n) is 2.75. The number of nitrogens with one attached hydrogen (secondary N) is 2. The molecule has 0 radical (unpaired) electrons. The Morgan fingerprint density at radius 3 is 2.64 bits per heavy atom. The maximum atomic E-state index is 12.5. The molecule has 0 aliphatic carbocycles. The van der Waals surface area contributed by atoms with Crippen molar-refractivity contribution in [1.29, 1.82) is 0 Å². The van der Waals surface area contributed by atoms with E-state index in [1.807, 2.05) is 25.9 Å². The summed E-state index contributed by atoms with van der Waals surface area (Å²) in [6.45, 7) is 3.52. The van der Waals surface area contributed by atoms with Crippen molar-refractivity contribution in [2.75, 3.05) is 38.6 Å². The van der Waals surface area contributed by atoms with Gasteiger partial charge in [0.15, 0.2) is 0 Å². The van der Waals surface area contributed by atoms with Crippen LogP contribution in [0.5, 0.6) is 0 Å². The van der Waals surface area contributed by atoms with Gasteiger partial charge < -0.3 is 20.4 Å². The van der Waals surface area contributed by atoms with Gasteiger partial charge in [-0.3, -0.25) is 14.4 Å². The Morgan fingerprint density at radius 2 is 2.00 bits per heavy atom. The second-order valence-electron chi connectivity index (χ2n) is 6.10. The van der Waals surface area contributed by atoms with E-state index in [9.17, 15) is 14.4 Å². The van der Waals surface area contributed by atoms with E-state index in [2.05, 4.69) is 10.6 Å². The van der Waals surface area contributed by atoms with E-state index in [4.69, 9.17) is 11.6 Å². The Hall–Kier alpha value is -2.12. The zero-order valence-electron chi connectivity index (χ0n) is 14.6. The highest BCUT2D eigenvalue weighted by Gasteiger charge is 2.38. The van der Waals surface area contributed by atoms with E-state index in [-0.39, 0.29) is 5.91 Å². The largest absolute Gasteiger partial charge is 0.348 e. The molecule has 1 aromatic rings. The molecular weight excluding hydrogens is 344 g/mol. The quantitative estimate of drug-likeness (QED) is 0.579. The van der Waals surface area contributed by atoms with Gasteiger partial charge in [-0.25, -0.2) is 0 Å². The summed E-state index contributed by atoms with van der Waals surface area (Å²) in [5.74, 6) is -1.84. The van der Waals surface area contributed by atoms with Crippen LogP contribution in [0.4, 0.5) is 5.69 Å². The molecule has 1 aliphatic rings. The van der Waals surface area contributed by atoms with E-state index >= 15 is 0 Å². The Balaban J connectivity index is 2.02. The monoisotopic (exact) mass is 366 g/mol. The summed E-state index contributed by atoms with van der Waals surface area (Å²) in [5.41, 5.74) is 1.31. The number of carbonyl (C=O) groups excluding carboxylic acids is 3. The smallest absolute Gasteiger partial charge is 0.310 e. The summed E-state index contributed by atoms with van der Waals surface area (Å²) < 4.78 is 0. The van der Waals surface area contributed by atoms with E-state index in [1.54, 1.807) is 23.1 Å². The molecule has 1 aliphatic heterocycles. The standard InChI is InChI=1S/C17H23ClN4O3/c1-4-22-13-7-6-11(18)10-12(13)14(17(22)25)20-16(24)15(23)19-8-5-9-21(2)3/h6-7,10,14H,4-5,8-9H2,1-3H3,(H,19,23)(H,20,24). The minimum atomic E-state index is -0.895. The molecule has 0 saturated heterocycles. The van der Waals surface area contributed by atoms with Gasteiger partial charge in [-0.1, -0.05) is 11.6 Å². The molecule has 1 atom stereocenters. The van der Waals surface area contributed by atoms with Crippen LogP contribution in [0.2, 0.25) is 5.02 Å². The third-order valence-corrected chi connectivity index (χ3v) is 4.21. The van der Waals surface area contributed by atoms with Crippen molar-refractivity contribution in [3.63, 3.8) is 0 Å². The molecule has 0 aromatic heterocycles. The van der Waals surface area contributed by atoms with Crippen molar-refractivity contribution in [3.8, 4) is 0 Å². The van der Waals surface area contributed by atoms with Gasteiger partial charge in [0.05, 0.1) is 0 Å². The highest BCUT2D eigenvalue weighted by Crippen LogP contribution is 2.37. The summed E-state index contributed by atoms with van der Waals surface area (Å²) in [5, 5.41) is 5.54. The molecule has 2 rings (SSSR count). The molecule has 7 nitrogen and oxygen atoms in total. The summed E-state index contributed by atoms with van der Waals surface area (Å²) in [7, 11) is 3.87. The number of hydrogen-bond acceptors (Lipinski definition) is 4. The Labute approximate surface area is 152 Å². The van der Waals surface area contributed by atoms with Crippen LogP contribution in [0.1, 0.15) is 24.9 Å². The zero-order chi connectivity index (χ0) is 18.6. The highest BCUT2D eigenvalue weighted by molar-refractivity contribution is 6.35. The van der Waals surface area contributed by atoms with Crippen molar-refractivity contribution in [3.05, 3.63) is 28.8 Å². The van der Waals surface area contributed by atoms with Crippen LogP contribution in [0, 0.1) is 0 Å². The molecule has 136 valence electrons. The molecule has 0 saturated carbocycles. The van der Waals surface area contributed by atoms with Gasteiger partial charge in [0.25, 0.3) is 5.91 Å². The van der Waals surface area contributed by atoms with Gasteiger partial charge in [-0.05, 0) is 52.2 Å². The number of fused-ring (bicyclic) bond motifs is 1. The van der Waals surface area contributed by atoms with Crippen LogP contribution < -0.4 is 15.5 Å². The number of likely N-dealkylation sites (N-methyl/N-ethyl adjacent to an activating group) is 1. The first-order valence-electron chi connectivity index (χ1n) is 8.19. The Kier molecular flexibility index (Phi) is 6.39. The number of benzene rings is 1. The lowest BCUT2D eigenvalue weighted by Crippen LogP contribution is -2.44. The van der Waals surface area contributed by atoms with E-state index < -0.39 is 17.9 Å². The van der Waals surface area contributed by atoms with Crippen LogP contribution in [-0.4, -0.2) is 56.4 Å². The first-order valence-corrected chi connectivity index (χ1v) is 8.57. The lowest BCUT2D eigenvalue weighted by atomic mass is 10.1. The third kappa shape index (κ3) is 4.49. The Morgan fingerprint density at radius 1 is 1.28 bits per heavy atom. The summed E-state index contributed by atoms with van der Waals surface area (Å²) >= 11 is 6.01. The van der Waals surface area contributed by atoms with Crippen molar-refractivity contribution in [2.24, 2.45) is 0 Å². The topological polar surface area (TPSA) is 81.8 Å². The van der Waals surface area contributed by atoms with Crippen molar-refractivity contribution < 1.29 is 14.4 Å². The average Bonchev–Trinajstić information content (AvgIpc) is 2.82. The van der Waals surface area contributed by atoms with E-state index in [0.29, 0.717) is 29.4 Å². The lowest BCUT2D eigenvalue weighted by molar-refractivity contribution is -0.140. The molecule has 1 unspecified atom stereocenters. The van der Waals surface area contributed by atoms with E-state index in [1.165, 1.54) is 0 Å². The number of amides is 3. The second kappa shape index (κ2) is 8.31. The fraction of sp³-hybridized carbons (Fsp3) is 0.471. The van der Waals surface area contributed by atoms with Crippen molar-refractivity contribution >= 4 is 35.0 Å². The molecule has 8 heteroatoms. The number of hydrogen-bond donors (Lipinski definition) is 2. The molecule has 0 fully saturated rings. The van der Waals surface area contributed by atoms with Gasteiger partial charge in [0.1, 0.15) is 6.04 Å². The average molecular weight is 367 g/mol. The molecule has 0 spiro atoms. The fourth-order valence-corrected chi connectivity index (χ4v) is 2.93. The lowest BCUT2D eigenvalue weighted by Gasteiger charge is -2.15. The zero-order valence-corrected chi connectivity index (χ0v) is 15.4. The van der Waals surface area contributed by atoms with Crippen LogP contribution in [0.3, 0.4) is 0 Å². The van der Waals surface area contributed by atoms with Crippen LogP contribution >= 0.6 is 11.6 Å².